The molecule has 0 spiro atoms. The number of aryl methyl sites for hydroxylation is 2. The Morgan fingerprint density at radius 3 is 2.80 bits per heavy atom. The predicted molar refractivity (Wildman–Crippen MR) is 122 cm³/mol. The van der Waals surface area contributed by atoms with Crippen molar-refractivity contribution in [2.75, 3.05) is 19.6 Å². The number of rotatable bonds is 4. The highest BCUT2D eigenvalue weighted by Gasteiger charge is 2.35. The number of amides is 1. The first kappa shape index (κ1) is 21.3. The number of unbranched alkanes of at least 4 members (excludes halogenated alkanes) is 1. The molecule has 2 aliphatic rings. The Labute approximate surface area is 187 Å². The van der Waals surface area contributed by atoms with Gasteiger partial charge in [0.15, 0.2) is 0 Å². The summed E-state index contributed by atoms with van der Waals surface area (Å²) in [5, 5.41) is 10.1. The molecular formula is C24H30BrN3O2. The first-order valence-corrected chi connectivity index (χ1v) is 11.8. The number of carbonyl (C=O) groups is 1. The highest BCUT2D eigenvalue weighted by molar-refractivity contribution is 9.10. The average molecular weight is 472 g/mol. The third-order valence-corrected chi connectivity index (χ3v) is 6.83. The molecule has 2 aromatic rings. The number of hydrogen-bond acceptors (Lipinski definition) is 4. The van der Waals surface area contributed by atoms with Gasteiger partial charge in [-0.2, -0.15) is 0 Å². The van der Waals surface area contributed by atoms with E-state index in [4.69, 9.17) is 4.98 Å². The number of aromatic hydroxyl groups is 1. The van der Waals surface area contributed by atoms with Crippen LogP contribution < -0.4 is 0 Å². The van der Waals surface area contributed by atoms with Gasteiger partial charge < -0.3 is 10.0 Å². The molecule has 1 saturated heterocycles. The van der Waals surface area contributed by atoms with Crippen molar-refractivity contribution in [1.82, 2.24) is 14.8 Å². The molecule has 6 heteroatoms. The maximum atomic E-state index is 12.6. The molecule has 1 N–H and O–H groups in total. The molecule has 160 valence electrons. The fraction of sp³-hybridized carbons (Fsp3) is 0.500. The van der Waals surface area contributed by atoms with E-state index in [-0.39, 0.29) is 18.0 Å². The lowest BCUT2D eigenvalue weighted by molar-refractivity contribution is -0.136. The van der Waals surface area contributed by atoms with Gasteiger partial charge in [-0.25, -0.2) is 0 Å². The van der Waals surface area contributed by atoms with E-state index in [9.17, 15) is 9.90 Å². The minimum Gasteiger partial charge on any atom is -0.508 e. The molecule has 1 aromatic heterocycles. The second-order valence-electron chi connectivity index (χ2n) is 8.52. The van der Waals surface area contributed by atoms with Crippen molar-refractivity contribution in [1.29, 1.82) is 0 Å². The van der Waals surface area contributed by atoms with Crippen molar-refractivity contribution in [3.8, 4) is 5.75 Å². The van der Waals surface area contributed by atoms with Crippen molar-refractivity contribution >= 4 is 21.8 Å². The predicted octanol–water partition coefficient (Wildman–Crippen LogP) is 4.46. The summed E-state index contributed by atoms with van der Waals surface area (Å²) >= 11 is 3.57. The van der Waals surface area contributed by atoms with E-state index < -0.39 is 0 Å². The van der Waals surface area contributed by atoms with Crippen LogP contribution >= 0.6 is 15.9 Å². The third kappa shape index (κ3) is 4.26. The van der Waals surface area contributed by atoms with Gasteiger partial charge in [-0.1, -0.05) is 19.4 Å². The molecule has 1 aromatic carbocycles. The van der Waals surface area contributed by atoms with Gasteiger partial charge in [0.25, 0.3) is 0 Å². The zero-order valence-electron chi connectivity index (χ0n) is 17.8. The minimum absolute atomic E-state index is 0.0431. The number of phenolic OH excluding ortho intramolecular Hbond substituents is 1. The maximum Gasteiger partial charge on any atom is 0.222 e. The largest absolute Gasteiger partial charge is 0.508 e. The van der Waals surface area contributed by atoms with Crippen LogP contribution in [0.25, 0.3) is 0 Å². The molecule has 1 fully saturated rings. The van der Waals surface area contributed by atoms with Gasteiger partial charge in [0.05, 0.1) is 11.7 Å². The molecule has 2 atom stereocenters. The summed E-state index contributed by atoms with van der Waals surface area (Å²) in [6, 6.07) is 8.13. The highest BCUT2D eigenvalue weighted by Crippen LogP contribution is 2.38. The molecule has 1 aliphatic carbocycles. The van der Waals surface area contributed by atoms with Crippen molar-refractivity contribution < 1.29 is 9.90 Å². The zero-order chi connectivity index (χ0) is 21.3. The second-order valence-corrected chi connectivity index (χ2v) is 9.43. The van der Waals surface area contributed by atoms with E-state index in [2.05, 4.69) is 51.7 Å². The second kappa shape index (κ2) is 9.06. The van der Waals surface area contributed by atoms with E-state index in [0.29, 0.717) is 12.2 Å². The van der Waals surface area contributed by atoms with Crippen LogP contribution in [0.5, 0.6) is 5.75 Å². The Kier molecular flexibility index (Phi) is 6.44. The van der Waals surface area contributed by atoms with Crippen molar-refractivity contribution in [2.45, 2.75) is 58.0 Å². The van der Waals surface area contributed by atoms with E-state index in [0.717, 1.165) is 55.5 Å². The number of fused-ring (bicyclic) bond motifs is 2. The minimum atomic E-state index is 0.0431. The molecule has 0 bridgehead atoms. The van der Waals surface area contributed by atoms with Crippen LogP contribution in [-0.4, -0.2) is 51.5 Å². The van der Waals surface area contributed by atoms with Crippen molar-refractivity contribution in [2.24, 2.45) is 0 Å². The van der Waals surface area contributed by atoms with Crippen LogP contribution in [0.4, 0.5) is 0 Å². The number of nitrogens with zero attached hydrogens (tertiary/aromatic N) is 3. The van der Waals surface area contributed by atoms with Gasteiger partial charge >= 0.3 is 0 Å². The van der Waals surface area contributed by atoms with Crippen LogP contribution in [0.2, 0.25) is 0 Å². The molecule has 1 amide bonds. The smallest absolute Gasteiger partial charge is 0.222 e. The number of aromatic nitrogens is 1. The molecule has 2 heterocycles. The lowest BCUT2D eigenvalue weighted by Gasteiger charge is -2.43. The number of piperazine rings is 1. The summed E-state index contributed by atoms with van der Waals surface area (Å²) in [5.41, 5.74) is 4.75. The molecule has 0 saturated carbocycles. The summed E-state index contributed by atoms with van der Waals surface area (Å²) < 4.78 is 0.994. The Hall–Kier alpha value is -1.92. The van der Waals surface area contributed by atoms with Crippen LogP contribution in [0, 0.1) is 0 Å². The third-order valence-electron chi connectivity index (χ3n) is 6.40. The van der Waals surface area contributed by atoms with E-state index >= 15 is 0 Å². The number of halogens is 1. The van der Waals surface area contributed by atoms with Crippen molar-refractivity contribution in [3.63, 3.8) is 0 Å². The van der Waals surface area contributed by atoms with E-state index in [1.54, 1.807) is 6.07 Å². The summed E-state index contributed by atoms with van der Waals surface area (Å²) in [4.78, 5) is 22.0. The molecule has 4 rings (SSSR count). The molecule has 0 radical (unpaired) electrons. The van der Waals surface area contributed by atoms with Crippen LogP contribution in [0.15, 0.2) is 34.9 Å². The Morgan fingerprint density at radius 2 is 2.03 bits per heavy atom. The summed E-state index contributed by atoms with van der Waals surface area (Å²) in [6.45, 7) is 6.67. The van der Waals surface area contributed by atoms with E-state index in [1.165, 1.54) is 16.7 Å². The normalized spacial score (nSPS) is 21.6. The number of hydrogen-bond donors (Lipinski definition) is 1. The average Bonchev–Trinajstić information content (AvgIpc) is 2.88. The quantitative estimate of drug-likeness (QED) is 0.714. The monoisotopic (exact) mass is 471 g/mol. The molecule has 30 heavy (non-hydrogen) atoms. The lowest BCUT2D eigenvalue weighted by Crippen LogP contribution is -2.55. The highest BCUT2D eigenvalue weighted by atomic mass is 79.9. The molecule has 2 unspecified atom stereocenters. The zero-order valence-corrected chi connectivity index (χ0v) is 19.4. The number of phenols is 1. The molecule has 1 aliphatic heterocycles. The van der Waals surface area contributed by atoms with Crippen molar-refractivity contribution in [3.05, 3.63) is 57.3 Å². The van der Waals surface area contributed by atoms with Gasteiger partial charge in [-0.15, -0.1) is 0 Å². The van der Waals surface area contributed by atoms with Gasteiger partial charge in [-0.05, 0) is 77.0 Å². The Bertz CT molecular complexity index is 879. The van der Waals surface area contributed by atoms with E-state index in [1.807, 2.05) is 12.3 Å². The summed E-state index contributed by atoms with van der Waals surface area (Å²) in [5.74, 6) is 0.588. The first-order valence-electron chi connectivity index (χ1n) is 11.0. The Morgan fingerprint density at radius 1 is 1.23 bits per heavy atom. The van der Waals surface area contributed by atoms with Gasteiger partial charge in [0.1, 0.15) is 5.75 Å². The Balaban J connectivity index is 1.66. The summed E-state index contributed by atoms with van der Waals surface area (Å²) in [7, 11) is 0. The SMILES string of the molecule is CCCCC(=O)N1CCN(C2c3ccc(O)cc3CCc3cc(Br)cnc32)CC1C. The number of carbonyl (C=O) groups excluding carboxylic acids is 1. The molecular weight excluding hydrogens is 442 g/mol. The topological polar surface area (TPSA) is 56.7 Å². The van der Waals surface area contributed by atoms with Gasteiger partial charge in [0, 0.05) is 42.8 Å². The van der Waals surface area contributed by atoms with Gasteiger partial charge in [0.2, 0.25) is 5.91 Å². The summed E-state index contributed by atoms with van der Waals surface area (Å²) in [6.07, 6.45) is 6.31. The van der Waals surface area contributed by atoms with Crippen LogP contribution in [0.3, 0.4) is 0 Å². The molecule has 5 nitrogen and oxygen atoms in total. The van der Waals surface area contributed by atoms with Crippen LogP contribution in [0.1, 0.15) is 61.5 Å². The van der Waals surface area contributed by atoms with Crippen LogP contribution in [-0.2, 0) is 17.6 Å². The first-order chi connectivity index (χ1) is 14.5. The number of benzene rings is 1. The maximum absolute atomic E-state index is 12.6. The fourth-order valence-electron chi connectivity index (χ4n) is 4.86. The van der Waals surface area contributed by atoms with Gasteiger partial charge in [-0.3, -0.25) is 14.7 Å². The standard InChI is InChI=1S/C24H30BrN3O2/c1-3-4-5-22(30)28-11-10-27(15-16(28)2)24-21-9-8-20(29)13-17(21)6-7-18-12-19(25)14-26-23(18)24/h8-9,12-14,16,24,29H,3-7,10-11,15H2,1-2H3. The number of pyridine rings is 1. The lowest BCUT2D eigenvalue weighted by atomic mass is 9.95. The fourth-order valence-corrected chi connectivity index (χ4v) is 5.24.